The molecule has 0 atom stereocenters. The van der Waals surface area contributed by atoms with Gasteiger partial charge in [0.05, 0.1) is 16.4 Å². The van der Waals surface area contributed by atoms with E-state index < -0.39 is 0 Å². The third kappa shape index (κ3) is 3.57. The number of nitrogens with zero attached hydrogens (tertiary/aromatic N) is 2. The first-order valence-corrected chi connectivity index (χ1v) is 7.42. The Morgan fingerprint density at radius 2 is 2.16 bits per heavy atom. The normalized spacial score (nSPS) is 16.8. The molecule has 5 heteroatoms. The number of hydrogen-bond acceptors (Lipinski definition) is 3. The lowest BCUT2D eigenvalue weighted by atomic mass is 9.91. The van der Waals surface area contributed by atoms with Gasteiger partial charge in [-0.3, -0.25) is 9.48 Å². The van der Waals surface area contributed by atoms with E-state index in [2.05, 4.69) is 10.4 Å². The summed E-state index contributed by atoms with van der Waals surface area (Å²) in [5.41, 5.74) is 1.74. The molecule has 0 bridgehead atoms. The van der Waals surface area contributed by atoms with Crippen molar-refractivity contribution in [3.05, 3.63) is 16.4 Å². The van der Waals surface area contributed by atoms with Crippen LogP contribution in [0.3, 0.4) is 0 Å². The van der Waals surface area contributed by atoms with Gasteiger partial charge < -0.3 is 5.32 Å². The Morgan fingerprint density at radius 3 is 2.74 bits per heavy atom. The summed E-state index contributed by atoms with van der Waals surface area (Å²) in [6.07, 6.45) is 4.09. The molecule has 0 aromatic carbocycles. The van der Waals surface area contributed by atoms with Crippen LogP contribution in [0.4, 0.5) is 0 Å². The van der Waals surface area contributed by atoms with Crippen LogP contribution in [-0.2, 0) is 24.7 Å². The highest BCUT2D eigenvalue weighted by Crippen LogP contribution is 2.23. The van der Waals surface area contributed by atoms with Gasteiger partial charge in [0.2, 0.25) is 0 Å². The summed E-state index contributed by atoms with van der Waals surface area (Å²) in [5.74, 6) is 0.811. The Hall–Kier alpha value is -0.870. The maximum atomic E-state index is 12.2. The maximum absolute atomic E-state index is 12.2. The van der Waals surface area contributed by atoms with Crippen LogP contribution >= 0.6 is 11.6 Å². The average molecular weight is 284 g/mol. The van der Waals surface area contributed by atoms with Gasteiger partial charge in [0, 0.05) is 19.9 Å². The van der Waals surface area contributed by atoms with Gasteiger partial charge in [-0.1, -0.05) is 18.5 Å². The summed E-state index contributed by atoms with van der Waals surface area (Å²) in [6, 6.07) is 0. The number of aryl methyl sites for hydroxylation is 2. The fourth-order valence-electron chi connectivity index (χ4n) is 2.68. The van der Waals surface area contributed by atoms with Gasteiger partial charge in [-0.15, -0.1) is 0 Å². The number of nitrogens with one attached hydrogen (secondary N) is 1. The van der Waals surface area contributed by atoms with E-state index in [1.807, 2.05) is 14.0 Å². The summed E-state index contributed by atoms with van der Waals surface area (Å²) in [6.45, 7) is 4.09. The fourth-order valence-corrected chi connectivity index (χ4v) is 3.04. The molecule has 0 saturated carbocycles. The third-order valence-electron chi connectivity index (χ3n) is 3.84. The number of aromatic nitrogens is 2. The van der Waals surface area contributed by atoms with Crippen LogP contribution in [0.15, 0.2) is 0 Å². The number of Topliss-reactive ketones (excluding diaryl/α,β-unsaturated/α-hetero) is 1. The van der Waals surface area contributed by atoms with Crippen molar-refractivity contribution in [3.8, 4) is 0 Å². The van der Waals surface area contributed by atoms with Crippen molar-refractivity contribution in [3.63, 3.8) is 0 Å². The molecule has 0 unspecified atom stereocenters. The topological polar surface area (TPSA) is 46.9 Å². The molecule has 1 N–H and O–H groups in total. The van der Waals surface area contributed by atoms with Crippen LogP contribution in [-0.4, -0.2) is 28.7 Å². The minimum Gasteiger partial charge on any atom is -0.317 e. The van der Waals surface area contributed by atoms with Crippen molar-refractivity contribution >= 4 is 17.4 Å². The smallest absolute Gasteiger partial charge is 0.139 e. The van der Waals surface area contributed by atoms with Gasteiger partial charge in [0.15, 0.2) is 0 Å². The molecule has 1 aliphatic rings. The molecule has 0 aliphatic carbocycles. The zero-order chi connectivity index (χ0) is 13.8. The lowest BCUT2D eigenvalue weighted by molar-refractivity contribution is -0.119. The standard InChI is InChI=1S/C14H22ClN3O/c1-3-12-14(15)13(18(2)17-12)9-11(19)8-10-4-6-16-7-5-10/h10,16H,3-9H2,1-2H3. The molecule has 2 rings (SSSR count). The van der Waals surface area contributed by atoms with Gasteiger partial charge in [-0.25, -0.2) is 0 Å². The highest BCUT2D eigenvalue weighted by Gasteiger charge is 2.20. The Balaban J connectivity index is 1.96. The summed E-state index contributed by atoms with van der Waals surface area (Å²) < 4.78 is 1.75. The van der Waals surface area contributed by atoms with E-state index >= 15 is 0 Å². The summed E-state index contributed by atoms with van der Waals surface area (Å²) in [7, 11) is 1.86. The third-order valence-corrected chi connectivity index (χ3v) is 4.28. The quantitative estimate of drug-likeness (QED) is 0.901. The van der Waals surface area contributed by atoms with Crippen LogP contribution in [0.2, 0.25) is 5.02 Å². The van der Waals surface area contributed by atoms with E-state index in [9.17, 15) is 4.79 Å². The molecule has 1 saturated heterocycles. The zero-order valence-electron chi connectivity index (χ0n) is 11.7. The van der Waals surface area contributed by atoms with Crippen molar-refractivity contribution in [2.45, 2.75) is 39.0 Å². The first-order chi connectivity index (χ1) is 9.11. The van der Waals surface area contributed by atoms with Crippen LogP contribution in [0, 0.1) is 5.92 Å². The first-order valence-electron chi connectivity index (χ1n) is 7.04. The molecule has 106 valence electrons. The number of carbonyl (C=O) groups excluding carboxylic acids is 1. The van der Waals surface area contributed by atoms with E-state index in [4.69, 9.17) is 11.6 Å². The minimum absolute atomic E-state index is 0.277. The van der Waals surface area contributed by atoms with E-state index in [1.54, 1.807) is 4.68 Å². The molecule has 1 aromatic heterocycles. The van der Waals surface area contributed by atoms with Crippen molar-refractivity contribution in [2.24, 2.45) is 13.0 Å². The van der Waals surface area contributed by atoms with Crippen LogP contribution in [0.5, 0.6) is 0 Å². The molecule has 0 amide bonds. The molecule has 1 aromatic rings. The lowest BCUT2D eigenvalue weighted by Gasteiger charge is -2.21. The largest absolute Gasteiger partial charge is 0.317 e. The molecule has 1 aliphatic heterocycles. The molecular formula is C14H22ClN3O. The van der Waals surface area contributed by atoms with E-state index in [1.165, 1.54) is 0 Å². The number of ketones is 1. The summed E-state index contributed by atoms with van der Waals surface area (Å²) in [4.78, 5) is 12.2. The zero-order valence-corrected chi connectivity index (χ0v) is 12.5. The van der Waals surface area contributed by atoms with Gasteiger partial charge >= 0.3 is 0 Å². The van der Waals surface area contributed by atoms with E-state index in [0.717, 1.165) is 43.7 Å². The SMILES string of the molecule is CCc1nn(C)c(CC(=O)CC2CCNCC2)c1Cl. The molecule has 19 heavy (non-hydrogen) atoms. The van der Waals surface area contributed by atoms with Gasteiger partial charge in [0.25, 0.3) is 0 Å². The average Bonchev–Trinajstić information content (AvgIpc) is 2.67. The highest BCUT2D eigenvalue weighted by molar-refractivity contribution is 6.32. The van der Waals surface area contributed by atoms with Crippen molar-refractivity contribution in [1.29, 1.82) is 0 Å². The maximum Gasteiger partial charge on any atom is 0.139 e. The van der Waals surface area contributed by atoms with E-state index in [0.29, 0.717) is 23.8 Å². The second kappa shape index (κ2) is 6.53. The predicted octanol–water partition coefficient (Wildman–Crippen LogP) is 2.14. The Kier molecular flexibility index (Phi) is 4.99. The van der Waals surface area contributed by atoms with Gasteiger partial charge in [-0.05, 0) is 38.3 Å². The Morgan fingerprint density at radius 1 is 1.47 bits per heavy atom. The lowest BCUT2D eigenvalue weighted by Crippen LogP contribution is -2.29. The predicted molar refractivity (Wildman–Crippen MR) is 76.5 cm³/mol. The van der Waals surface area contributed by atoms with Gasteiger partial charge in [0.1, 0.15) is 5.78 Å². The monoisotopic (exact) mass is 283 g/mol. The van der Waals surface area contributed by atoms with E-state index in [-0.39, 0.29) is 5.78 Å². The molecule has 4 nitrogen and oxygen atoms in total. The first kappa shape index (κ1) is 14.5. The number of piperidine rings is 1. The summed E-state index contributed by atoms with van der Waals surface area (Å²) in [5, 5.41) is 8.34. The highest BCUT2D eigenvalue weighted by atomic mass is 35.5. The second-order valence-corrected chi connectivity index (χ2v) is 5.68. The van der Waals surface area contributed by atoms with Gasteiger partial charge in [-0.2, -0.15) is 5.10 Å². The van der Waals surface area contributed by atoms with Crippen LogP contribution in [0.1, 0.15) is 37.6 Å². The number of carbonyl (C=O) groups is 1. The van der Waals surface area contributed by atoms with Crippen molar-refractivity contribution < 1.29 is 4.79 Å². The molecule has 0 spiro atoms. The molecule has 1 fully saturated rings. The van der Waals surface area contributed by atoms with Crippen LogP contribution in [0.25, 0.3) is 0 Å². The van der Waals surface area contributed by atoms with Crippen LogP contribution < -0.4 is 5.32 Å². The summed E-state index contributed by atoms with van der Waals surface area (Å²) >= 11 is 6.27. The fraction of sp³-hybridized carbons (Fsp3) is 0.714. The molecule has 2 heterocycles. The van der Waals surface area contributed by atoms with Crippen molar-refractivity contribution in [2.75, 3.05) is 13.1 Å². The Bertz CT molecular complexity index is 450. The second-order valence-electron chi connectivity index (χ2n) is 5.30. The Labute approximate surface area is 119 Å². The number of halogens is 1. The minimum atomic E-state index is 0.277. The number of hydrogen-bond donors (Lipinski definition) is 1. The van der Waals surface area contributed by atoms with Crippen molar-refractivity contribution in [1.82, 2.24) is 15.1 Å². The molecule has 0 radical (unpaired) electrons. The molecular weight excluding hydrogens is 262 g/mol. The number of rotatable bonds is 5.